The van der Waals surface area contributed by atoms with E-state index in [2.05, 4.69) is 4.74 Å². The second kappa shape index (κ2) is 11.2. The number of alkyl halides is 8. The minimum absolute atomic E-state index is 0.0239. The normalized spacial score (nSPS) is 30.7. The van der Waals surface area contributed by atoms with Gasteiger partial charge >= 0.3 is 35.6 Å². The fraction of sp³-hybridized carbons (Fsp3) is 0.913. The Bertz CT molecular complexity index is 843. The molecule has 2 heterocycles. The SMILES string of the molecule is COC(=O)C1CCC2(CC1)OCC(F)(F)C(F)(F)CO2.O=C(O)C1CCC2(CC1)OCC(F)(F)C(F)(F)CO2. The summed E-state index contributed by atoms with van der Waals surface area (Å²) in [5, 5.41) is 8.83. The zero-order valence-corrected chi connectivity index (χ0v) is 21.0. The number of ether oxygens (including phenoxy) is 5. The van der Waals surface area contributed by atoms with Crippen molar-refractivity contribution in [1.82, 2.24) is 0 Å². The van der Waals surface area contributed by atoms with Crippen LogP contribution in [0.5, 0.6) is 0 Å². The highest BCUT2D eigenvalue weighted by Gasteiger charge is 2.62. The predicted octanol–water partition coefficient (Wildman–Crippen LogP) is 4.64. The van der Waals surface area contributed by atoms with Gasteiger partial charge in [0.15, 0.2) is 11.6 Å². The molecule has 0 amide bonds. The van der Waals surface area contributed by atoms with E-state index in [0.29, 0.717) is 12.8 Å². The summed E-state index contributed by atoms with van der Waals surface area (Å²) in [4.78, 5) is 22.1. The number of halogens is 8. The third-order valence-corrected chi connectivity index (χ3v) is 7.51. The number of carboxylic acids is 1. The summed E-state index contributed by atoms with van der Waals surface area (Å²) in [6, 6.07) is 0. The van der Waals surface area contributed by atoms with Crippen LogP contribution in [-0.2, 0) is 33.3 Å². The average molecular weight is 586 g/mol. The van der Waals surface area contributed by atoms with E-state index >= 15 is 0 Å². The molecule has 0 bridgehead atoms. The quantitative estimate of drug-likeness (QED) is 0.369. The molecule has 0 aromatic carbocycles. The number of carbonyl (C=O) groups excluding carboxylic acids is 1. The molecule has 0 unspecified atom stereocenters. The third-order valence-electron chi connectivity index (χ3n) is 7.51. The smallest absolute Gasteiger partial charge is 0.335 e. The monoisotopic (exact) mass is 586 g/mol. The highest BCUT2D eigenvalue weighted by molar-refractivity contribution is 5.72. The first kappa shape index (κ1) is 31.7. The van der Waals surface area contributed by atoms with E-state index in [0.717, 1.165) is 0 Å². The summed E-state index contributed by atoms with van der Waals surface area (Å²) in [7, 11) is 1.26. The van der Waals surface area contributed by atoms with Gasteiger partial charge in [-0.3, -0.25) is 9.59 Å². The Labute approximate surface area is 218 Å². The molecule has 2 saturated heterocycles. The Hall–Kier alpha value is -1.78. The molecule has 39 heavy (non-hydrogen) atoms. The maximum atomic E-state index is 13.2. The van der Waals surface area contributed by atoms with Crippen LogP contribution in [0.1, 0.15) is 51.4 Å². The molecule has 8 nitrogen and oxygen atoms in total. The Morgan fingerprint density at radius 3 is 1.15 bits per heavy atom. The van der Waals surface area contributed by atoms with E-state index in [9.17, 15) is 44.7 Å². The zero-order chi connectivity index (χ0) is 29.3. The van der Waals surface area contributed by atoms with Gasteiger partial charge in [0.1, 0.15) is 26.4 Å². The van der Waals surface area contributed by atoms with Gasteiger partial charge in [0.05, 0.1) is 18.9 Å². The van der Waals surface area contributed by atoms with E-state index in [4.69, 9.17) is 24.1 Å². The van der Waals surface area contributed by atoms with Crippen molar-refractivity contribution in [2.24, 2.45) is 11.8 Å². The number of methoxy groups -OCH3 is 1. The van der Waals surface area contributed by atoms with Gasteiger partial charge in [-0.1, -0.05) is 0 Å². The van der Waals surface area contributed by atoms with Crippen molar-refractivity contribution >= 4 is 11.9 Å². The van der Waals surface area contributed by atoms with Crippen LogP contribution < -0.4 is 0 Å². The molecule has 0 aromatic rings. The van der Waals surface area contributed by atoms with Crippen LogP contribution in [0, 0.1) is 11.8 Å². The van der Waals surface area contributed by atoms with Crippen LogP contribution in [-0.4, -0.2) is 85.8 Å². The van der Waals surface area contributed by atoms with Crippen LogP contribution in [0.4, 0.5) is 35.1 Å². The Kier molecular flexibility index (Phi) is 9.15. The topological polar surface area (TPSA) is 101 Å². The van der Waals surface area contributed by atoms with E-state index < -0.39 is 79.5 Å². The molecule has 4 aliphatic rings. The Morgan fingerprint density at radius 1 is 0.615 bits per heavy atom. The largest absolute Gasteiger partial charge is 0.481 e. The van der Waals surface area contributed by atoms with Crippen LogP contribution in [0.25, 0.3) is 0 Å². The van der Waals surface area contributed by atoms with Crippen molar-refractivity contribution < 1.29 is 73.5 Å². The molecule has 226 valence electrons. The maximum Gasteiger partial charge on any atom is 0.335 e. The van der Waals surface area contributed by atoms with Gasteiger partial charge in [-0.15, -0.1) is 0 Å². The maximum absolute atomic E-state index is 13.2. The van der Waals surface area contributed by atoms with Gasteiger partial charge in [0, 0.05) is 25.7 Å². The lowest BCUT2D eigenvalue weighted by Gasteiger charge is -2.37. The first-order chi connectivity index (χ1) is 17.9. The lowest BCUT2D eigenvalue weighted by atomic mass is 9.85. The molecule has 2 spiro atoms. The van der Waals surface area contributed by atoms with E-state index in [1.54, 1.807) is 0 Å². The highest BCUT2D eigenvalue weighted by atomic mass is 19.3. The standard InChI is InChI=1S/C12H16F4O4.C11H14F4O4/c1-18-9(17)8-2-4-10(5-3-8)19-6-11(13,14)12(15,16)7-20-10;12-10(13)5-18-9(19-6-11(10,14)15)3-1-7(2-4-9)8(16)17/h8H,2-7H2,1H3;7H,1-6H2,(H,16,17). The number of esters is 1. The van der Waals surface area contributed by atoms with Gasteiger partial charge in [-0.25, -0.2) is 0 Å². The number of carbonyl (C=O) groups is 2. The summed E-state index contributed by atoms with van der Waals surface area (Å²) < 4.78 is 130. The molecule has 2 saturated carbocycles. The summed E-state index contributed by atoms with van der Waals surface area (Å²) in [6.45, 7) is -5.61. The van der Waals surface area contributed by atoms with Gasteiger partial charge in [0.25, 0.3) is 0 Å². The molecule has 4 fully saturated rings. The molecule has 2 aliphatic carbocycles. The molecule has 1 N–H and O–H groups in total. The van der Waals surface area contributed by atoms with Crippen molar-refractivity contribution in [3.8, 4) is 0 Å². The van der Waals surface area contributed by atoms with E-state index in [1.165, 1.54) is 7.11 Å². The number of hydrogen-bond acceptors (Lipinski definition) is 7. The molecule has 0 aromatic heterocycles. The van der Waals surface area contributed by atoms with Crippen molar-refractivity contribution in [2.75, 3.05) is 33.5 Å². The zero-order valence-electron chi connectivity index (χ0n) is 21.0. The van der Waals surface area contributed by atoms with Crippen LogP contribution in [0.2, 0.25) is 0 Å². The lowest BCUT2D eigenvalue weighted by Crippen LogP contribution is -2.45. The first-order valence-electron chi connectivity index (χ1n) is 12.3. The molecule has 0 radical (unpaired) electrons. The summed E-state index contributed by atoms with van der Waals surface area (Å²) >= 11 is 0. The van der Waals surface area contributed by atoms with Gasteiger partial charge in [-0.05, 0) is 25.7 Å². The summed E-state index contributed by atoms with van der Waals surface area (Å²) in [5.74, 6) is -22.4. The van der Waals surface area contributed by atoms with E-state index in [1.807, 2.05) is 0 Å². The predicted molar refractivity (Wildman–Crippen MR) is 113 cm³/mol. The average Bonchev–Trinajstić information content (AvgIpc) is 3.02. The van der Waals surface area contributed by atoms with Crippen molar-refractivity contribution in [2.45, 2.75) is 86.6 Å². The van der Waals surface area contributed by atoms with E-state index in [-0.39, 0.29) is 44.4 Å². The van der Waals surface area contributed by atoms with Gasteiger partial charge in [-0.2, -0.15) is 35.1 Å². The minimum atomic E-state index is -4.28. The highest BCUT2D eigenvalue weighted by Crippen LogP contribution is 2.46. The third kappa shape index (κ3) is 6.93. The first-order valence-corrected chi connectivity index (χ1v) is 12.3. The Balaban J connectivity index is 0.000000216. The van der Waals surface area contributed by atoms with Gasteiger partial charge in [0.2, 0.25) is 0 Å². The van der Waals surface area contributed by atoms with Crippen molar-refractivity contribution in [3.63, 3.8) is 0 Å². The lowest BCUT2D eigenvalue weighted by molar-refractivity contribution is -0.255. The molecule has 16 heteroatoms. The molecule has 2 aliphatic heterocycles. The minimum Gasteiger partial charge on any atom is -0.481 e. The van der Waals surface area contributed by atoms with Gasteiger partial charge < -0.3 is 28.8 Å². The second-order valence-corrected chi connectivity index (χ2v) is 10.2. The van der Waals surface area contributed by atoms with Crippen molar-refractivity contribution in [3.05, 3.63) is 0 Å². The number of carboxylic acid groups (broad SMARTS) is 1. The summed E-state index contributed by atoms with van der Waals surface area (Å²) in [5.41, 5.74) is 0. The molecule has 0 atom stereocenters. The number of hydrogen-bond donors (Lipinski definition) is 1. The Morgan fingerprint density at radius 2 is 0.897 bits per heavy atom. The van der Waals surface area contributed by atoms with Crippen LogP contribution in [0.3, 0.4) is 0 Å². The molecular weight excluding hydrogens is 556 g/mol. The van der Waals surface area contributed by atoms with Crippen molar-refractivity contribution in [1.29, 1.82) is 0 Å². The fourth-order valence-corrected chi connectivity index (χ4v) is 4.74. The molecular formula is C23H30F8O8. The number of rotatable bonds is 2. The van der Waals surface area contributed by atoms with Crippen LogP contribution >= 0.6 is 0 Å². The summed E-state index contributed by atoms with van der Waals surface area (Å²) in [6.07, 6.45) is 1.18. The number of aliphatic carboxylic acids is 1. The molecule has 4 rings (SSSR count). The fourth-order valence-electron chi connectivity index (χ4n) is 4.74. The second-order valence-electron chi connectivity index (χ2n) is 10.2. The van der Waals surface area contributed by atoms with Crippen LogP contribution in [0.15, 0.2) is 0 Å².